The molecule has 1 aromatic heterocycles. The number of nitrogens with one attached hydrogen (secondary N) is 2. The maximum absolute atomic E-state index is 15.4. The molecule has 1 spiro atoms. The van der Waals surface area contributed by atoms with Crippen molar-refractivity contribution in [2.45, 2.75) is 37.0 Å². The maximum atomic E-state index is 15.4. The van der Waals surface area contributed by atoms with E-state index < -0.39 is 48.0 Å². The predicted molar refractivity (Wildman–Crippen MR) is 149 cm³/mol. The molecule has 3 aromatic rings. The van der Waals surface area contributed by atoms with Crippen LogP contribution in [-0.4, -0.2) is 53.6 Å². The summed E-state index contributed by atoms with van der Waals surface area (Å²) in [6.45, 7) is -1.45. The first kappa shape index (κ1) is 30.1. The van der Waals surface area contributed by atoms with E-state index in [0.717, 1.165) is 0 Å². The summed E-state index contributed by atoms with van der Waals surface area (Å²) in [4.78, 5) is 44.9. The van der Waals surface area contributed by atoms with Gasteiger partial charge in [-0.15, -0.1) is 0 Å². The van der Waals surface area contributed by atoms with E-state index in [1.165, 1.54) is 29.2 Å². The first-order valence-electron chi connectivity index (χ1n) is 13.3. The lowest BCUT2D eigenvalue weighted by Gasteiger charge is -2.45. The first-order valence-corrected chi connectivity index (χ1v) is 13.7. The molecule has 0 bridgehead atoms. The van der Waals surface area contributed by atoms with Crippen molar-refractivity contribution in [1.29, 1.82) is 0 Å². The number of nitrogens with two attached hydrogens (primary N) is 1. The number of benzene rings is 2. The number of anilines is 2. The lowest BCUT2D eigenvalue weighted by molar-refractivity contribution is -0.141. The van der Waals surface area contributed by atoms with E-state index in [9.17, 15) is 27.6 Å². The van der Waals surface area contributed by atoms with E-state index >= 15 is 4.39 Å². The number of aromatic nitrogens is 1. The summed E-state index contributed by atoms with van der Waals surface area (Å²) >= 11 is 6.07. The molecule has 3 heterocycles. The minimum absolute atomic E-state index is 0.00556. The Kier molecular flexibility index (Phi) is 8.19. The van der Waals surface area contributed by atoms with Gasteiger partial charge in [0.05, 0.1) is 40.0 Å². The number of rotatable bonds is 7. The van der Waals surface area contributed by atoms with E-state index in [1.807, 2.05) is 0 Å². The SMILES string of the molecule is NC(=O)c1ccc(NCC(F)(F)F)nc1[C@H](Cc1ccccc1)C(=O)N1CCC[C@@]2(C1)OC(=O)Nc1ccc(Cl)c(F)c12. The molecular weight excluding hydrogens is 594 g/mol. The minimum Gasteiger partial charge on any atom is -0.436 e. The van der Waals surface area contributed by atoms with E-state index in [-0.39, 0.29) is 59.3 Å². The van der Waals surface area contributed by atoms with E-state index in [4.69, 9.17) is 22.1 Å². The first-order chi connectivity index (χ1) is 20.4. The number of pyridine rings is 1. The fourth-order valence-electron chi connectivity index (χ4n) is 5.57. The average molecular weight is 620 g/mol. The van der Waals surface area contributed by atoms with Gasteiger partial charge in [-0.1, -0.05) is 41.9 Å². The fraction of sp³-hybridized carbons (Fsp3) is 0.310. The third-order valence-electron chi connectivity index (χ3n) is 7.41. The molecule has 14 heteroatoms. The van der Waals surface area contributed by atoms with Gasteiger partial charge in [0.15, 0.2) is 11.4 Å². The van der Waals surface area contributed by atoms with Gasteiger partial charge in [0.25, 0.3) is 5.91 Å². The number of ether oxygens (including phenoxy) is 1. The maximum Gasteiger partial charge on any atom is 0.412 e. The summed E-state index contributed by atoms with van der Waals surface area (Å²) in [6, 6.07) is 13.9. The van der Waals surface area contributed by atoms with Gasteiger partial charge in [0.1, 0.15) is 12.4 Å². The summed E-state index contributed by atoms with van der Waals surface area (Å²) < 4.78 is 59.8. The number of likely N-dealkylation sites (tertiary alicyclic amines) is 1. The number of amides is 3. The molecule has 0 aliphatic carbocycles. The van der Waals surface area contributed by atoms with Gasteiger partial charge in [0.2, 0.25) is 5.91 Å². The van der Waals surface area contributed by atoms with Crippen molar-refractivity contribution in [3.8, 4) is 0 Å². The highest BCUT2D eigenvalue weighted by molar-refractivity contribution is 6.31. The van der Waals surface area contributed by atoms with Crippen LogP contribution in [0.15, 0.2) is 54.6 Å². The van der Waals surface area contributed by atoms with Crippen LogP contribution < -0.4 is 16.4 Å². The third-order valence-corrected chi connectivity index (χ3v) is 7.70. The number of hydrogen-bond donors (Lipinski definition) is 3. The second kappa shape index (κ2) is 11.7. The van der Waals surface area contributed by atoms with Crippen molar-refractivity contribution in [3.05, 3.63) is 87.8 Å². The van der Waals surface area contributed by atoms with E-state index in [1.54, 1.807) is 30.3 Å². The van der Waals surface area contributed by atoms with Gasteiger partial charge < -0.3 is 20.7 Å². The predicted octanol–water partition coefficient (Wildman–Crippen LogP) is 5.35. The number of alkyl halides is 3. The highest BCUT2D eigenvalue weighted by atomic mass is 35.5. The van der Waals surface area contributed by atoms with Crippen molar-refractivity contribution in [3.63, 3.8) is 0 Å². The fourth-order valence-corrected chi connectivity index (χ4v) is 5.73. The van der Waals surface area contributed by atoms with Gasteiger partial charge in [0, 0.05) is 6.54 Å². The molecule has 2 aromatic carbocycles. The Morgan fingerprint density at radius 1 is 1.16 bits per heavy atom. The summed E-state index contributed by atoms with van der Waals surface area (Å²) in [5, 5.41) is 4.44. The summed E-state index contributed by atoms with van der Waals surface area (Å²) in [5.74, 6) is -3.69. The zero-order chi connectivity index (χ0) is 30.9. The molecule has 3 amide bonds. The standard InChI is InChI=1S/C29H26ClF4N5O4/c30-19-8-9-20-22(23(19)31)28(43-27(42)37-20)11-4-12-39(15-28)26(41)18(13-16-5-2-1-3-6-16)24-17(25(35)40)7-10-21(38-24)36-14-29(32,33)34/h1-3,5-10,18H,4,11-15H2,(H2,35,40)(H,36,38)(H,37,42)/t18-,28-/m0/s1. The van der Waals surface area contributed by atoms with Crippen LogP contribution in [0.5, 0.6) is 0 Å². The van der Waals surface area contributed by atoms with Gasteiger partial charge in [-0.3, -0.25) is 14.9 Å². The molecule has 0 radical (unpaired) electrons. The van der Waals surface area contributed by atoms with Crippen molar-refractivity contribution < 1.29 is 36.7 Å². The number of nitrogens with zero attached hydrogens (tertiary/aromatic N) is 2. The summed E-state index contributed by atoms with van der Waals surface area (Å²) in [5.41, 5.74) is 4.62. The number of fused-ring (bicyclic) bond motifs is 2. The smallest absolute Gasteiger partial charge is 0.412 e. The van der Waals surface area contributed by atoms with Crippen molar-refractivity contribution in [2.75, 3.05) is 30.3 Å². The normalized spacial score (nSPS) is 18.8. The van der Waals surface area contributed by atoms with Crippen LogP contribution in [0.2, 0.25) is 5.02 Å². The molecule has 43 heavy (non-hydrogen) atoms. The van der Waals surface area contributed by atoms with Crippen LogP contribution in [0, 0.1) is 5.82 Å². The van der Waals surface area contributed by atoms with Gasteiger partial charge in [-0.25, -0.2) is 14.2 Å². The monoisotopic (exact) mass is 619 g/mol. The number of carbonyl (C=O) groups excluding carboxylic acids is 3. The minimum atomic E-state index is -4.55. The third kappa shape index (κ3) is 6.36. The zero-order valence-corrected chi connectivity index (χ0v) is 23.3. The van der Waals surface area contributed by atoms with Crippen LogP contribution in [0.1, 0.15) is 45.9 Å². The van der Waals surface area contributed by atoms with Crippen LogP contribution in [0.3, 0.4) is 0 Å². The number of piperidine rings is 1. The Morgan fingerprint density at radius 3 is 2.60 bits per heavy atom. The van der Waals surface area contributed by atoms with Crippen LogP contribution >= 0.6 is 11.6 Å². The molecule has 2 aliphatic rings. The number of primary amides is 1. The van der Waals surface area contributed by atoms with Crippen LogP contribution in [0.4, 0.5) is 33.9 Å². The molecule has 0 unspecified atom stereocenters. The van der Waals surface area contributed by atoms with E-state index in [2.05, 4.69) is 15.6 Å². The van der Waals surface area contributed by atoms with Gasteiger partial charge >= 0.3 is 12.3 Å². The largest absolute Gasteiger partial charge is 0.436 e. The van der Waals surface area contributed by atoms with Crippen LogP contribution in [-0.2, 0) is 21.6 Å². The lowest BCUT2D eigenvalue weighted by Crippen LogP contribution is -2.54. The number of hydrogen-bond acceptors (Lipinski definition) is 6. The van der Waals surface area contributed by atoms with Crippen LogP contribution in [0.25, 0.3) is 0 Å². The summed E-state index contributed by atoms with van der Waals surface area (Å²) in [7, 11) is 0. The highest BCUT2D eigenvalue weighted by Gasteiger charge is 2.49. The molecule has 5 rings (SSSR count). The lowest BCUT2D eigenvalue weighted by atomic mass is 9.82. The molecule has 0 saturated carbocycles. The molecule has 9 nitrogen and oxygen atoms in total. The molecule has 226 valence electrons. The second-order valence-electron chi connectivity index (χ2n) is 10.4. The van der Waals surface area contributed by atoms with E-state index in [0.29, 0.717) is 12.0 Å². The van der Waals surface area contributed by atoms with Gasteiger partial charge in [-0.05, 0) is 49.1 Å². The average Bonchev–Trinajstić information content (AvgIpc) is 2.96. The molecular formula is C29H26ClF4N5O4. The molecule has 1 saturated heterocycles. The molecule has 2 aliphatic heterocycles. The number of carbonyl (C=O) groups is 3. The zero-order valence-electron chi connectivity index (χ0n) is 22.5. The second-order valence-corrected chi connectivity index (χ2v) is 10.8. The Morgan fingerprint density at radius 2 is 1.91 bits per heavy atom. The molecule has 1 fully saturated rings. The van der Waals surface area contributed by atoms with Crippen molar-refractivity contribution in [1.82, 2.24) is 9.88 Å². The quantitative estimate of drug-likeness (QED) is 0.306. The molecule has 4 N–H and O–H groups in total. The Labute approximate surface area is 248 Å². The highest BCUT2D eigenvalue weighted by Crippen LogP contribution is 2.45. The topological polar surface area (TPSA) is 127 Å². The van der Waals surface area contributed by atoms with Crippen molar-refractivity contribution >= 4 is 41.0 Å². The molecule has 2 atom stereocenters. The van der Waals surface area contributed by atoms with Crippen molar-refractivity contribution in [2.24, 2.45) is 5.73 Å². The summed E-state index contributed by atoms with van der Waals surface area (Å²) in [6.07, 6.45) is -4.86. The Hall–Kier alpha value is -4.39. The Bertz CT molecular complexity index is 1570. The number of halogens is 5. The van der Waals surface area contributed by atoms with Gasteiger partial charge in [-0.2, -0.15) is 13.2 Å². The Balaban J connectivity index is 1.56.